The number of fused-ring (bicyclic) bond motifs is 1. The molecule has 4 atom stereocenters. The minimum absolute atomic E-state index is 0.00792. The van der Waals surface area contributed by atoms with E-state index in [1.165, 1.54) is 5.57 Å². The van der Waals surface area contributed by atoms with Crippen LogP contribution in [0.3, 0.4) is 0 Å². The first-order chi connectivity index (χ1) is 13.1. The minimum Gasteiger partial charge on any atom is -0.503 e. The number of ether oxygens (including phenoxy) is 2. The second-order valence-corrected chi connectivity index (χ2v) is 8.46. The third-order valence-corrected chi connectivity index (χ3v) is 7.78. The molecule has 4 heterocycles. The van der Waals surface area contributed by atoms with Crippen LogP contribution in [-0.4, -0.2) is 54.5 Å². The van der Waals surface area contributed by atoms with E-state index in [0.717, 1.165) is 37.9 Å². The van der Waals surface area contributed by atoms with E-state index in [2.05, 4.69) is 17.0 Å². The van der Waals surface area contributed by atoms with E-state index in [4.69, 9.17) is 9.47 Å². The molecule has 1 aromatic rings. The molecule has 1 aromatic carbocycles. The maximum absolute atomic E-state index is 12.8. The Labute approximate surface area is 158 Å². The van der Waals surface area contributed by atoms with Gasteiger partial charge < -0.3 is 19.5 Å². The number of carbonyl (C=O) groups is 1. The Hall–Kier alpha value is -2.05. The number of carbonyl (C=O) groups excluding carboxylic acids is 1. The molecule has 1 amide bonds. The fraction of sp³-hybridized carbons (Fsp3) is 0.571. The third kappa shape index (κ3) is 1.49. The van der Waals surface area contributed by atoms with Crippen LogP contribution in [0.1, 0.15) is 31.7 Å². The van der Waals surface area contributed by atoms with E-state index in [1.54, 1.807) is 14.0 Å². The molecule has 1 aliphatic carbocycles. The number of piperidine rings is 1. The Balaban J connectivity index is 1.69. The van der Waals surface area contributed by atoms with Crippen molar-refractivity contribution in [2.75, 3.05) is 31.7 Å². The van der Waals surface area contributed by atoms with Crippen LogP contribution in [0.5, 0.6) is 11.5 Å². The maximum atomic E-state index is 12.8. The molecule has 2 bridgehead atoms. The fourth-order valence-electron chi connectivity index (χ4n) is 7.03. The fourth-order valence-corrected chi connectivity index (χ4v) is 7.03. The van der Waals surface area contributed by atoms with E-state index < -0.39 is 5.72 Å². The molecule has 3 fully saturated rings. The zero-order chi connectivity index (χ0) is 18.6. The van der Waals surface area contributed by atoms with Gasteiger partial charge in [0.15, 0.2) is 17.2 Å². The SMILES string of the molecule is COc1ccc2c(c1O)N(C(C)=O)[C@H]1C[C@@H]3CCN4CC[C@]21[C@]41OCC=C31. The number of amides is 1. The Bertz CT molecular complexity index is 912. The van der Waals surface area contributed by atoms with Gasteiger partial charge >= 0.3 is 0 Å². The molecule has 1 N–H and O–H groups in total. The second-order valence-electron chi connectivity index (χ2n) is 8.46. The Morgan fingerprint density at radius 1 is 1.37 bits per heavy atom. The first-order valence-electron chi connectivity index (χ1n) is 9.86. The summed E-state index contributed by atoms with van der Waals surface area (Å²) in [6.45, 7) is 4.23. The van der Waals surface area contributed by atoms with Crippen molar-refractivity contribution < 1.29 is 19.4 Å². The van der Waals surface area contributed by atoms with Gasteiger partial charge in [-0.25, -0.2) is 0 Å². The van der Waals surface area contributed by atoms with Gasteiger partial charge in [0.1, 0.15) is 0 Å². The molecule has 142 valence electrons. The lowest BCUT2D eigenvalue weighted by atomic mass is 9.56. The second kappa shape index (κ2) is 4.86. The van der Waals surface area contributed by atoms with Gasteiger partial charge in [0.25, 0.3) is 0 Å². The number of phenols is 1. The smallest absolute Gasteiger partial charge is 0.224 e. The Morgan fingerprint density at radius 2 is 2.22 bits per heavy atom. The van der Waals surface area contributed by atoms with E-state index in [0.29, 0.717) is 24.0 Å². The Kier molecular flexibility index (Phi) is 2.87. The molecule has 5 aliphatic rings. The predicted octanol–water partition coefficient (Wildman–Crippen LogP) is 2.16. The van der Waals surface area contributed by atoms with Crippen molar-refractivity contribution in [1.82, 2.24) is 4.90 Å². The molecule has 4 aliphatic heterocycles. The predicted molar refractivity (Wildman–Crippen MR) is 99.0 cm³/mol. The number of rotatable bonds is 1. The summed E-state index contributed by atoms with van der Waals surface area (Å²) < 4.78 is 11.9. The summed E-state index contributed by atoms with van der Waals surface area (Å²) in [7, 11) is 1.55. The van der Waals surface area contributed by atoms with Crippen LogP contribution in [0.2, 0.25) is 0 Å². The molecule has 1 saturated carbocycles. The topological polar surface area (TPSA) is 62.2 Å². The number of nitrogens with zero attached hydrogens (tertiary/aromatic N) is 2. The highest BCUT2D eigenvalue weighted by Gasteiger charge is 2.76. The number of benzene rings is 1. The van der Waals surface area contributed by atoms with Crippen molar-refractivity contribution >= 4 is 11.6 Å². The monoisotopic (exact) mass is 368 g/mol. The average Bonchev–Trinajstić information content (AvgIpc) is 3.32. The van der Waals surface area contributed by atoms with E-state index in [9.17, 15) is 9.90 Å². The molecular formula is C21H24N2O4. The highest BCUT2D eigenvalue weighted by atomic mass is 16.5. The number of methoxy groups -OCH3 is 1. The normalized spacial score (nSPS) is 38.3. The number of hydrogen-bond acceptors (Lipinski definition) is 5. The van der Waals surface area contributed by atoms with Crippen LogP contribution in [0.25, 0.3) is 0 Å². The molecule has 6 rings (SSSR count). The third-order valence-electron chi connectivity index (χ3n) is 7.78. The van der Waals surface area contributed by atoms with Gasteiger partial charge in [-0.15, -0.1) is 0 Å². The maximum Gasteiger partial charge on any atom is 0.224 e. The number of anilines is 1. The zero-order valence-corrected chi connectivity index (χ0v) is 15.7. The van der Waals surface area contributed by atoms with Crippen molar-refractivity contribution in [3.05, 3.63) is 29.3 Å². The van der Waals surface area contributed by atoms with Crippen LogP contribution >= 0.6 is 0 Å². The molecule has 6 nitrogen and oxygen atoms in total. The van der Waals surface area contributed by atoms with Gasteiger partial charge in [0.2, 0.25) is 5.91 Å². The van der Waals surface area contributed by atoms with E-state index in [-0.39, 0.29) is 23.1 Å². The lowest BCUT2D eigenvalue weighted by Crippen LogP contribution is -2.69. The van der Waals surface area contributed by atoms with Crippen LogP contribution in [0, 0.1) is 5.92 Å². The number of phenolic OH excluding ortho intramolecular Hbond substituents is 1. The molecule has 0 aromatic heterocycles. The molecule has 2 spiro atoms. The molecule has 27 heavy (non-hydrogen) atoms. The van der Waals surface area contributed by atoms with Crippen molar-refractivity contribution in [3.8, 4) is 11.5 Å². The summed E-state index contributed by atoms with van der Waals surface area (Å²) in [5.41, 5.74) is 2.30. The van der Waals surface area contributed by atoms with Crippen LogP contribution in [-0.2, 0) is 14.9 Å². The van der Waals surface area contributed by atoms with Gasteiger partial charge in [-0.3, -0.25) is 9.69 Å². The lowest BCUT2D eigenvalue weighted by Gasteiger charge is -2.58. The highest BCUT2D eigenvalue weighted by Crippen LogP contribution is 2.70. The molecule has 6 heteroatoms. The summed E-state index contributed by atoms with van der Waals surface area (Å²) >= 11 is 0. The Morgan fingerprint density at radius 3 is 3.00 bits per heavy atom. The van der Waals surface area contributed by atoms with Gasteiger partial charge in [-0.2, -0.15) is 0 Å². The average molecular weight is 368 g/mol. The van der Waals surface area contributed by atoms with Gasteiger partial charge in [-0.1, -0.05) is 12.1 Å². The summed E-state index contributed by atoms with van der Waals surface area (Å²) in [4.78, 5) is 17.1. The van der Waals surface area contributed by atoms with Crippen molar-refractivity contribution in [2.24, 2.45) is 5.92 Å². The van der Waals surface area contributed by atoms with Crippen LogP contribution < -0.4 is 9.64 Å². The van der Waals surface area contributed by atoms with E-state index >= 15 is 0 Å². The highest BCUT2D eigenvalue weighted by molar-refractivity contribution is 5.99. The van der Waals surface area contributed by atoms with Gasteiger partial charge in [0, 0.05) is 20.0 Å². The quantitative estimate of drug-likeness (QED) is 0.770. The minimum atomic E-state index is -0.460. The number of hydrogen-bond donors (Lipinski definition) is 1. The standard InChI is InChI=1S/C21H24N2O4/c1-12(24)23-17-11-13-5-8-22-9-7-20(17,21(22)14(13)6-10-27-21)15-3-4-16(26-2)19(25)18(15)23/h3-4,6,13,17,25H,5,7-11H2,1-2H3/t13-,17-,20-,21-/m0/s1. The lowest BCUT2D eigenvalue weighted by molar-refractivity contribution is -0.158. The summed E-state index contributed by atoms with van der Waals surface area (Å²) in [6, 6.07) is 3.89. The largest absolute Gasteiger partial charge is 0.503 e. The molecule has 0 unspecified atom stereocenters. The van der Waals surface area contributed by atoms with Crippen molar-refractivity contribution in [3.63, 3.8) is 0 Å². The first-order valence-corrected chi connectivity index (χ1v) is 9.86. The molecular weight excluding hydrogens is 344 g/mol. The van der Waals surface area contributed by atoms with Crippen LogP contribution in [0.15, 0.2) is 23.8 Å². The van der Waals surface area contributed by atoms with Crippen molar-refractivity contribution in [2.45, 2.75) is 43.4 Å². The van der Waals surface area contributed by atoms with Crippen LogP contribution in [0.4, 0.5) is 5.69 Å². The van der Waals surface area contributed by atoms with E-state index in [1.807, 2.05) is 11.0 Å². The summed E-state index contributed by atoms with van der Waals surface area (Å²) in [5, 5.41) is 11.0. The zero-order valence-electron chi connectivity index (χ0n) is 15.7. The first kappa shape index (κ1) is 16.0. The number of aromatic hydroxyl groups is 1. The summed E-state index contributed by atoms with van der Waals surface area (Å²) in [6.07, 6.45) is 5.26. The molecule has 2 saturated heterocycles. The van der Waals surface area contributed by atoms with Gasteiger partial charge in [0.05, 0.1) is 30.9 Å². The van der Waals surface area contributed by atoms with Gasteiger partial charge in [-0.05, 0) is 42.4 Å². The molecule has 0 radical (unpaired) electrons. The summed E-state index contributed by atoms with van der Waals surface area (Å²) in [5.74, 6) is 0.899. The van der Waals surface area contributed by atoms with Crippen molar-refractivity contribution in [1.29, 1.82) is 0 Å².